The van der Waals surface area contributed by atoms with Crippen LogP contribution in [0.1, 0.15) is 42.5 Å². The maximum absolute atomic E-state index is 13.3. The van der Waals surface area contributed by atoms with Gasteiger partial charge in [-0.2, -0.15) is 0 Å². The highest BCUT2D eigenvalue weighted by Gasteiger charge is 2.21. The second kappa shape index (κ2) is 15.7. The van der Waals surface area contributed by atoms with Crippen molar-refractivity contribution in [3.05, 3.63) is 81.6 Å². The van der Waals surface area contributed by atoms with Crippen LogP contribution in [-0.2, 0) is 11.3 Å². The predicted octanol–water partition coefficient (Wildman–Crippen LogP) is 6.74. The third-order valence-corrected chi connectivity index (χ3v) is 7.74. The molecule has 0 aliphatic heterocycles. The summed E-state index contributed by atoms with van der Waals surface area (Å²) in [6, 6.07) is 15.9. The summed E-state index contributed by atoms with van der Waals surface area (Å²) in [4.78, 5) is 26.1. The number of halogens is 2. The lowest BCUT2D eigenvalue weighted by molar-refractivity contribution is -0.113. The molecule has 0 saturated heterocycles. The Morgan fingerprint density at radius 1 is 0.886 bits per heavy atom. The van der Waals surface area contributed by atoms with Crippen LogP contribution < -0.4 is 24.8 Å². The molecule has 10 nitrogen and oxygen atoms in total. The van der Waals surface area contributed by atoms with E-state index < -0.39 is 0 Å². The number of aryl methyl sites for hydroxylation is 1. The molecular weight excluding hydrogens is 625 g/mol. The fourth-order valence-corrected chi connectivity index (χ4v) is 5.29. The molecule has 0 bridgehead atoms. The first-order chi connectivity index (χ1) is 21.2. The van der Waals surface area contributed by atoms with Crippen LogP contribution in [-0.4, -0.2) is 52.2 Å². The van der Waals surface area contributed by atoms with E-state index in [-0.39, 0.29) is 24.1 Å². The van der Waals surface area contributed by atoms with Crippen molar-refractivity contribution in [2.24, 2.45) is 0 Å². The summed E-state index contributed by atoms with van der Waals surface area (Å²) in [6.07, 6.45) is 0. The molecule has 0 atom stereocenters. The van der Waals surface area contributed by atoms with Crippen molar-refractivity contribution in [2.75, 3.05) is 30.9 Å². The molecule has 0 unspecified atom stereocenters. The van der Waals surface area contributed by atoms with Crippen LogP contribution >= 0.6 is 35.0 Å². The number of carbonyl (C=O) groups is 2. The Labute approximate surface area is 270 Å². The van der Waals surface area contributed by atoms with Crippen LogP contribution in [0.5, 0.6) is 17.2 Å². The van der Waals surface area contributed by atoms with Gasteiger partial charge >= 0.3 is 0 Å². The van der Waals surface area contributed by atoms with Gasteiger partial charge in [0, 0.05) is 11.3 Å². The molecule has 0 aliphatic rings. The minimum Gasteiger partial charge on any atom is -0.490 e. The molecule has 0 radical (unpaired) electrons. The van der Waals surface area contributed by atoms with Gasteiger partial charge in [-0.05, 0) is 75.7 Å². The molecular formula is C31H33Cl2N5O5S. The second-order valence-electron chi connectivity index (χ2n) is 9.32. The molecule has 44 heavy (non-hydrogen) atoms. The van der Waals surface area contributed by atoms with Crippen molar-refractivity contribution in [1.29, 1.82) is 0 Å². The first-order valence-corrected chi connectivity index (χ1v) is 15.7. The molecule has 2 amide bonds. The first kappa shape index (κ1) is 33.0. The largest absolute Gasteiger partial charge is 0.490 e. The Hall–Kier alpha value is -3.93. The number of hydrogen-bond acceptors (Lipinski definition) is 8. The van der Waals surface area contributed by atoms with Gasteiger partial charge in [0.2, 0.25) is 11.7 Å². The van der Waals surface area contributed by atoms with Gasteiger partial charge in [-0.25, -0.2) is 0 Å². The van der Waals surface area contributed by atoms with E-state index >= 15 is 0 Å². The van der Waals surface area contributed by atoms with E-state index in [0.717, 1.165) is 5.56 Å². The molecule has 4 rings (SSSR count). The van der Waals surface area contributed by atoms with Crippen molar-refractivity contribution in [1.82, 2.24) is 20.1 Å². The first-order valence-electron chi connectivity index (χ1n) is 14.0. The molecule has 13 heteroatoms. The Kier molecular flexibility index (Phi) is 11.8. The molecule has 2 N–H and O–H groups in total. The monoisotopic (exact) mass is 657 g/mol. The Morgan fingerprint density at radius 2 is 1.59 bits per heavy atom. The lowest BCUT2D eigenvalue weighted by atomic mass is 10.1. The van der Waals surface area contributed by atoms with E-state index in [9.17, 15) is 9.59 Å². The van der Waals surface area contributed by atoms with Crippen molar-refractivity contribution in [3.63, 3.8) is 0 Å². The molecule has 3 aromatic carbocycles. The molecule has 1 aromatic heterocycles. The zero-order valence-corrected chi connectivity index (χ0v) is 27.1. The summed E-state index contributed by atoms with van der Waals surface area (Å²) in [5.41, 5.74) is 2.69. The maximum Gasteiger partial charge on any atom is 0.251 e. The third kappa shape index (κ3) is 8.37. The number of anilines is 1. The number of nitrogens with one attached hydrogen (secondary N) is 2. The van der Waals surface area contributed by atoms with Gasteiger partial charge in [-0.3, -0.25) is 14.2 Å². The standard InChI is InChI=1S/C31H33Cl2N5O5S/c1-5-41-25-14-20(15-26(42-6-2)29(25)43-7-3)30(40)34-17-27-36-37-31(38(27)22-11-12-23(32)24(33)16-22)44-18-28(39)35-21-10-8-9-19(4)13-21/h8-16H,5-7,17-18H2,1-4H3,(H,34,40)(H,35,39). The van der Waals surface area contributed by atoms with Crippen LogP contribution in [0.15, 0.2) is 59.8 Å². The van der Waals surface area contributed by atoms with Gasteiger partial charge in [-0.15, -0.1) is 10.2 Å². The molecule has 0 fully saturated rings. The zero-order chi connectivity index (χ0) is 31.6. The van der Waals surface area contributed by atoms with Gasteiger partial charge < -0.3 is 24.8 Å². The molecule has 0 saturated carbocycles. The van der Waals surface area contributed by atoms with Crippen molar-refractivity contribution in [2.45, 2.75) is 39.4 Å². The number of carbonyl (C=O) groups excluding carboxylic acids is 2. The number of amides is 2. The third-order valence-electron chi connectivity index (χ3n) is 6.07. The van der Waals surface area contributed by atoms with Crippen molar-refractivity contribution < 1.29 is 23.8 Å². The van der Waals surface area contributed by atoms with Gasteiger partial charge in [0.1, 0.15) is 0 Å². The van der Waals surface area contributed by atoms with Crippen LogP contribution in [0, 0.1) is 6.92 Å². The number of aromatic nitrogens is 3. The summed E-state index contributed by atoms with van der Waals surface area (Å²) in [5.74, 6) is 1.17. The lowest BCUT2D eigenvalue weighted by Crippen LogP contribution is -2.25. The fourth-order valence-electron chi connectivity index (χ4n) is 4.22. The average Bonchev–Trinajstić information content (AvgIpc) is 3.40. The predicted molar refractivity (Wildman–Crippen MR) is 173 cm³/mol. The number of thioether (sulfide) groups is 1. The summed E-state index contributed by atoms with van der Waals surface area (Å²) >= 11 is 13.7. The zero-order valence-electron chi connectivity index (χ0n) is 24.8. The highest BCUT2D eigenvalue weighted by Crippen LogP contribution is 2.39. The van der Waals surface area contributed by atoms with E-state index in [2.05, 4.69) is 20.8 Å². The van der Waals surface area contributed by atoms with Crippen LogP contribution in [0.4, 0.5) is 5.69 Å². The van der Waals surface area contributed by atoms with E-state index in [1.54, 1.807) is 34.9 Å². The minimum absolute atomic E-state index is 0.0171. The SMILES string of the molecule is CCOc1cc(C(=O)NCc2nnc(SCC(=O)Nc3cccc(C)c3)n2-c2ccc(Cl)c(Cl)c2)cc(OCC)c1OCC. The fraction of sp³-hybridized carbons (Fsp3) is 0.290. The average molecular weight is 659 g/mol. The van der Waals surface area contributed by atoms with Crippen LogP contribution in [0.2, 0.25) is 10.0 Å². The van der Waals surface area contributed by atoms with Gasteiger partial charge in [0.05, 0.1) is 47.9 Å². The number of nitrogens with zero attached hydrogens (tertiary/aromatic N) is 3. The highest BCUT2D eigenvalue weighted by atomic mass is 35.5. The Morgan fingerprint density at radius 3 is 2.23 bits per heavy atom. The van der Waals surface area contributed by atoms with E-state index in [1.807, 2.05) is 52.0 Å². The van der Waals surface area contributed by atoms with E-state index in [1.165, 1.54) is 11.8 Å². The van der Waals surface area contributed by atoms with Gasteiger partial charge in [0.25, 0.3) is 5.91 Å². The summed E-state index contributed by atoms with van der Waals surface area (Å²) in [5, 5.41) is 15.6. The van der Waals surface area contributed by atoms with E-state index in [4.69, 9.17) is 37.4 Å². The number of rotatable bonds is 14. The second-order valence-corrected chi connectivity index (χ2v) is 11.1. The summed E-state index contributed by atoms with van der Waals surface area (Å²) in [7, 11) is 0. The molecule has 232 valence electrons. The molecule has 4 aromatic rings. The lowest BCUT2D eigenvalue weighted by Gasteiger charge is -2.17. The number of benzene rings is 3. The van der Waals surface area contributed by atoms with Crippen LogP contribution in [0.25, 0.3) is 5.69 Å². The summed E-state index contributed by atoms with van der Waals surface area (Å²) < 4.78 is 19.0. The normalized spacial score (nSPS) is 10.8. The highest BCUT2D eigenvalue weighted by molar-refractivity contribution is 7.99. The minimum atomic E-state index is -0.384. The molecule has 0 aliphatic carbocycles. The van der Waals surface area contributed by atoms with E-state index in [0.29, 0.717) is 75.0 Å². The van der Waals surface area contributed by atoms with Crippen molar-refractivity contribution in [3.8, 4) is 22.9 Å². The Bertz CT molecular complexity index is 1600. The smallest absolute Gasteiger partial charge is 0.251 e. The number of ether oxygens (including phenoxy) is 3. The van der Waals surface area contributed by atoms with Crippen LogP contribution in [0.3, 0.4) is 0 Å². The molecule has 0 spiro atoms. The van der Waals surface area contributed by atoms with Gasteiger partial charge in [0.15, 0.2) is 22.5 Å². The number of hydrogen-bond donors (Lipinski definition) is 2. The Balaban J connectivity index is 1.57. The maximum atomic E-state index is 13.3. The quantitative estimate of drug-likeness (QED) is 0.143. The molecule has 1 heterocycles. The summed E-state index contributed by atoms with van der Waals surface area (Å²) in [6.45, 7) is 8.70. The van der Waals surface area contributed by atoms with Crippen molar-refractivity contribution >= 4 is 52.5 Å². The van der Waals surface area contributed by atoms with Gasteiger partial charge in [-0.1, -0.05) is 47.1 Å². The topological polar surface area (TPSA) is 117 Å².